The number of sulfonamides is 1. The molecule has 3 N–H and O–H groups in total. The third kappa shape index (κ3) is 7.57. The fourth-order valence-corrected chi connectivity index (χ4v) is 3.95. The van der Waals surface area contributed by atoms with E-state index < -0.39 is 52.4 Å². The Morgan fingerprint density at radius 1 is 1.12 bits per heavy atom. The number of rotatable bonds is 8. The van der Waals surface area contributed by atoms with Crippen LogP contribution in [0.3, 0.4) is 0 Å². The molecule has 0 unspecified atom stereocenters. The van der Waals surface area contributed by atoms with Crippen molar-refractivity contribution < 1.29 is 41.0 Å². The molecule has 180 valence electrons. The average molecular weight is 529 g/mol. The SMILES string of the molecule is C[C@@H](O)[C@H](NS(=O)(=O)c1ccc(Cl)cc1)C(=O)OCC(=O)Nc1cc(C(F)(F)F)ccc1Cl. The van der Waals surface area contributed by atoms with Gasteiger partial charge >= 0.3 is 12.1 Å². The normalized spacial score (nSPS) is 13.8. The molecular formula is C19H17Cl2F3N2O6S. The molecule has 2 atom stereocenters. The molecule has 0 fully saturated rings. The second-order valence-corrected chi connectivity index (χ2v) is 9.20. The van der Waals surface area contributed by atoms with E-state index in [2.05, 4.69) is 5.32 Å². The molecule has 0 saturated carbocycles. The zero-order valence-corrected chi connectivity index (χ0v) is 19.0. The molecule has 0 heterocycles. The van der Waals surface area contributed by atoms with Gasteiger partial charge in [0.05, 0.1) is 27.3 Å². The number of aliphatic hydroxyl groups excluding tert-OH is 1. The number of benzene rings is 2. The maximum atomic E-state index is 12.8. The largest absolute Gasteiger partial charge is 0.454 e. The van der Waals surface area contributed by atoms with Crippen molar-refractivity contribution >= 4 is 50.8 Å². The highest BCUT2D eigenvalue weighted by atomic mass is 35.5. The number of hydrogen-bond acceptors (Lipinski definition) is 6. The Hall–Kier alpha value is -2.38. The van der Waals surface area contributed by atoms with E-state index in [4.69, 9.17) is 27.9 Å². The van der Waals surface area contributed by atoms with Crippen molar-refractivity contribution in [2.45, 2.75) is 30.1 Å². The minimum Gasteiger partial charge on any atom is -0.454 e. The fraction of sp³-hybridized carbons (Fsp3) is 0.263. The second kappa shape index (κ2) is 10.7. The molecule has 33 heavy (non-hydrogen) atoms. The van der Waals surface area contributed by atoms with Crippen molar-refractivity contribution in [2.24, 2.45) is 0 Å². The Morgan fingerprint density at radius 2 is 1.73 bits per heavy atom. The molecule has 2 aromatic rings. The van der Waals surface area contributed by atoms with Crippen molar-refractivity contribution in [1.29, 1.82) is 0 Å². The van der Waals surface area contributed by atoms with Gasteiger partial charge in [-0.3, -0.25) is 9.59 Å². The fourth-order valence-electron chi connectivity index (χ4n) is 2.40. The number of anilines is 1. The first kappa shape index (κ1) is 26.9. The molecule has 0 aliphatic carbocycles. The molecule has 0 saturated heterocycles. The van der Waals surface area contributed by atoms with E-state index in [0.29, 0.717) is 6.07 Å². The number of carbonyl (C=O) groups excluding carboxylic acids is 2. The lowest BCUT2D eigenvalue weighted by molar-refractivity contribution is -0.151. The summed E-state index contributed by atoms with van der Waals surface area (Å²) in [6.07, 6.45) is -6.23. The summed E-state index contributed by atoms with van der Waals surface area (Å²) < 4.78 is 70.0. The van der Waals surface area contributed by atoms with Crippen LogP contribution in [0, 0.1) is 0 Å². The smallest absolute Gasteiger partial charge is 0.416 e. The molecule has 0 aromatic heterocycles. The van der Waals surface area contributed by atoms with Gasteiger partial charge in [-0.25, -0.2) is 8.42 Å². The summed E-state index contributed by atoms with van der Waals surface area (Å²) in [6, 6.07) is 5.41. The van der Waals surface area contributed by atoms with Gasteiger partial charge < -0.3 is 15.2 Å². The van der Waals surface area contributed by atoms with Crippen LogP contribution in [0.2, 0.25) is 10.0 Å². The lowest BCUT2D eigenvalue weighted by Gasteiger charge is -2.20. The van der Waals surface area contributed by atoms with Crippen LogP contribution in [0.15, 0.2) is 47.4 Å². The molecule has 0 aliphatic rings. The van der Waals surface area contributed by atoms with Crippen molar-refractivity contribution in [2.75, 3.05) is 11.9 Å². The maximum absolute atomic E-state index is 12.8. The standard InChI is InChI=1S/C19H17Cl2F3N2O6S/c1-10(27)17(26-33(30,31)13-5-3-12(20)4-6-13)18(29)32-9-16(28)25-15-8-11(19(22,23)24)2-7-14(15)21/h2-8,10,17,26-27H,9H2,1H3,(H,25,28)/t10-,17+/m1/s1. The Morgan fingerprint density at radius 3 is 2.27 bits per heavy atom. The Labute approximate surface area is 196 Å². The molecule has 0 spiro atoms. The molecule has 8 nitrogen and oxygen atoms in total. The second-order valence-electron chi connectivity index (χ2n) is 6.64. The summed E-state index contributed by atoms with van der Waals surface area (Å²) in [5, 5.41) is 11.9. The predicted molar refractivity (Wildman–Crippen MR) is 113 cm³/mol. The third-order valence-corrected chi connectivity index (χ3v) is 6.09. The Bertz CT molecular complexity index is 1130. The lowest BCUT2D eigenvalue weighted by atomic mass is 10.2. The number of hydrogen-bond donors (Lipinski definition) is 3. The van der Waals surface area contributed by atoms with Gasteiger partial charge in [-0.15, -0.1) is 0 Å². The zero-order chi connectivity index (χ0) is 25.0. The first-order valence-corrected chi connectivity index (χ1v) is 11.2. The van der Waals surface area contributed by atoms with Crippen molar-refractivity contribution in [3.63, 3.8) is 0 Å². The highest BCUT2D eigenvalue weighted by Gasteiger charge is 2.32. The van der Waals surface area contributed by atoms with E-state index in [0.717, 1.165) is 19.1 Å². The predicted octanol–water partition coefficient (Wildman–Crippen LogP) is 3.22. The first-order chi connectivity index (χ1) is 15.2. The highest BCUT2D eigenvalue weighted by Crippen LogP contribution is 2.33. The summed E-state index contributed by atoms with van der Waals surface area (Å²) in [5.41, 5.74) is -1.44. The monoisotopic (exact) mass is 528 g/mol. The average Bonchev–Trinajstić information content (AvgIpc) is 2.71. The van der Waals surface area contributed by atoms with Crippen LogP contribution in [0.1, 0.15) is 12.5 Å². The summed E-state index contributed by atoms with van der Waals surface area (Å²) in [4.78, 5) is 24.0. The number of alkyl halides is 3. The van der Waals surface area contributed by atoms with Gasteiger partial charge in [-0.1, -0.05) is 23.2 Å². The molecule has 0 bridgehead atoms. The van der Waals surface area contributed by atoms with E-state index >= 15 is 0 Å². The number of aliphatic hydroxyl groups is 1. The number of esters is 1. The van der Waals surface area contributed by atoms with Gasteiger partial charge in [0, 0.05) is 5.02 Å². The number of halogens is 5. The van der Waals surface area contributed by atoms with Crippen LogP contribution in [0.5, 0.6) is 0 Å². The van der Waals surface area contributed by atoms with Crippen LogP contribution < -0.4 is 10.0 Å². The molecule has 14 heteroatoms. The van der Waals surface area contributed by atoms with E-state index in [1.54, 1.807) is 0 Å². The molecule has 0 radical (unpaired) electrons. The van der Waals surface area contributed by atoms with E-state index in [-0.39, 0.29) is 20.6 Å². The van der Waals surface area contributed by atoms with E-state index in [1.165, 1.54) is 24.3 Å². The van der Waals surface area contributed by atoms with Crippen molar-refractivity contribution in [3.05, 3.63) is 58.1 Å². The lowest BCUT2D eigenvalue weighted by Crippen LogP contribution is -2.48. The topological polar surface area (TPSA) is 122 Å². The van der Waals surface area contributed by atoms with Crippen LogP contribution in [0.4, 0.5) is 18.9 Å². The minimum absolute atomic E-state index is 0.194. The zero-order valence-electron chi connectivity index (χ0n) is 16.7. The van der Waals surface area contributed by atoms with Crippen molar-refractivity contribution in [3.8, 4) is 0 Å². The number of amides is 1. The minimum atomic E-state index is -4.68. The summed E-state index contributed by atoms with van der Waals surface area (Å²) in [6.45, 7) is 0.121. The molecule has 0 aliphatic heterocycles. The summed E-state index contributed by atoms with van der Waals surface area (Å²) in [7, 11) is -4.27. The van der Waals surface area contributed by atoms with Gasteiger partial charge in [0.2, 0.25) is 10.0 Å². The van der Waals surface area contributed by atoms with Gasteiger partial charge in [0.25, 0.3) is 5.91 Å². The first-order valence-electron chi connectivity index (χ1n) is 9.00. The highest BCUT2D eigenvalue weighted by molar-refractivity contribution is 7.89. The van der Waals surface area contributed by atoms with Crippen LogP contribution >= 0.6 is 23.2 Å². The van der Waals surface area contributed by atoms with Gasteiger partial charge in [-0.2, -0.15) is 17.9 Å². The molecule has 2 rings (SSSR count). The van der Waals surface area contributed by atoms with Crippen LogP contribution in [-0.2, 0) is 30.5 Å². The number of carbonyl (C=O) groups is 2. The van der Waals surface area contributed by atoms with E-state index in [1.807, 2.05) is 4.72 Å². The van der Waals surface area contributed by atoms with Gasteiger partial charge in [-0.05, 0) is 49.4 Å². The van der Waals surface area contributed by atoms with Crippen LogP contribution in [-0.4, -0.2) is 44.2 Å². The van der Waals surface area contributed by atoms with Crippen LogP contribution in [0.25, 0.3) is 0 Å². The molecule has 1 amide bonds. The molecular weight excluding hydrogens is 512 g/mol. The summed E-state index contributed by atoms with van der Waals surface area (Å²) >= 11 is 11.5. The Balaban J connectivity index is 2.05. The summed E-state index contributed by atoms with van der Waals surface area (Å²) in [5.74, 6) is -2.35. The van der Waals surface area contributed by atoms with Gasteiger partial charge in [0.15, 0.2) is 6.61 Å². The Kier molecular flexibility index (Phi) is 8.71. The number of nitrogens with one attached hydrogen (secondary N) is 2. The quantitative estimate of drug-likeness (QED) is 0.452. The maximum Gasteiger partial charge on any atom is 0.416 e. The van der Waals surface area contributed by atoms with Gasteiger partial charge in [0.1, 0.15) is 6.04 Å². The van der Waals surface area contributed by atoms with E-state index in [9.17, 15) is 36.3 Å². The molecule has 2 aromatic carbocycles. The number of ether oxygens (including phenoxy) is 1. The van der Waals surface area contributed by atoms with Crippen molar-refractivity contribution in [1.82, 2.24) is 4.72 Å². The third-order valence-electron chi connectivity index (χ3n) is 4.06.